The molecule has 0 saturated heterocycles. The number of rotatable bonds is 5. The Balaban J connectivity index is 1.43. The van der Waals surface area contributed by atoms with Crippen molar-refractivity contribution in [3.63, 3.8) is 0 Å². The Kier molecular flexibility index (Phi) is 5.32. The number of carbonyl (C=O) groups is 2. The SMILES string of the molecule is CC(C)(C)OC(=O)N[C@H]1CC(NC(=O)COc2ccc(Cl)cc2)C2CC21. The molecule has 1 aromatic rings. The number of nitrogens with one attached hydrogen (secondary N) is 2. The Morgan fingerprint density at radius 3 is 2.31 bits per heavy atom. The van der Waals surface area contributed by atoms with Crippen LogP contribution in [0.5, 0.6) is 5.75 Å². The van der Waals surface area contributed by atoms with Crippen LogP contribution < -0.4 is 15.4 Å². The summed E-state index contributed by atoms with van der Waals surface area (Å²) in [6.45, 7) is 5.47. The molecule has 2 N–H and O–H groups in total. The lowest BCUT2D eigenvalue weighted by atomic mass is 10.1. The lowest BCUT2D eigenvalue weighted by Crippen LogP contribution is -2.43. The molecule has 0 bridgehead atoms. The summed E-state index contributed by atoms with van der Waals surface area (Å²) in [4.78, 5) is 24.1. The van der Waals surface area contributed by atoms with Crippen molar-refractivity contribution in [1.29, 1.82) is 0 Å². The van der Waals surface area contributed by atoms with Crippen LogP contribution in [0.25, 0.3) is 0 Å². The van der Waals surface area contributed by atoms with E-state index >= 15 is 0 Å². The third-order valence-electron chi connectivity index (χ3n) is 4.66. The smallest absolute Gasteiger partial charge is 0.407 e. The van der Waals surface area contributed by atoms with Crippen molar-refractivity contribution in [2.75, 3.05) is 6.61 Å². The summed E-state index contributed by atoms with van der Waals surface area (Å²) in [6.07, 6.45) is 1.34. The summed E-state index contributed by atoms with van der Waals surface area (Å²) < 4.78 is 10.8. The van der Waals surface area contributed by atoms with Gasteiger partial charge in [0, 0.05) is 17.1 Å². The maximum atomic E-state index is 12.1. The van der Waals surface area contributed by atoms with Crippen LogP contribution in [0.4, 0.5) is 4.79 Å². The predicted octanol–water partition coefficient (Wildman–Crippen LogP) is 3.14. The first-order valence-corrected chi connectivity index (χ1v) is 9.26. The van der Waals surface area contributed by atoms with Crippen LogP contribution in [0.1, 0.15) is 33.6 Å². The van der Waals surface area contributed by atoms with E-state index in [0.29, 0.717) is 22.6 Å². The number of benzene rings is 1. The number of ether oxygens (including phenoxy) is 2. The summed E-state index contributed by atoms with van der Waals surface area (Å²) in [5.74, 6) is 1.29. The minimum Gasteiger partial charge on any atom is -0.484 e. The molecule has 1 aromatic carbocycles. The Hall–Kier alpha value is -1.95. The van der Waals surface area contributed by atoms with Gasteiger partial charge in [0.05, 0.1) is 0 Å². The van der Waals surface area contributed by atoms with E-state index in [9.17, 15) is 9.59 Å². The van der Waals surface area contributed by atoms with Gasteiger partial charge in [-0.3, -0.25) is 4.79 Å². The van der Waals surface area contributed by atoms with Crippen molar-refractivity contribution in [1.82, 2.24) is 10.6 Å². The number of amides is 2. The molecule has 142 valence electrons. The summed E-state index contributed by atoms with van der Waals surface area (Å²) in [5.41, 5.74) is -0.516. The molecule has 7 heteroatoms. The number of fused-ring (bicyclic) bond motifs is 1. The van der Waals surface area contributed by atoms with Crippen LogP contribution >= 0.6 is 11.6 Å². The normalized spacial score (nSPS) is 26.6. The van der Waals surface area contributed by atoms with E-state index in [0.717, 1.165) is 12.8 Å². The molecule has 0 aliphatic heterocycles. The molecule has 0 aromatic heterocycles. The van der Waals surface area contributed by atoms with Crippen molar-refractivity contribution in [3.05, 3.63) is 29.3 Å². The number of hydrogen-bond donors (Lipinski definition) is 2. The zero-order valence-corrected chi connectivity index (χ0v) is 16.0. The molecule has 4 atom stereocenters. The molecule has 3 rings (SSSR count). The van der Waals surface area contributed by atoms with Gasteiger partial charge in [0.25, 0.3) is 5.91 Å². The highest BCUT2D eigenvalue weighted by Crippen LogP contribution is 2.52. The van der Waals surface area contributed by atoms with Crippen molar-refractivity contribution in [2.24, 2.45) is 11.8 Å². The minimum atomic E-state index is -0.516. The molecule has 2 saturated carbocycles. The monoisotopic (exact) mass is 380 g/mol. The zero-order valence-electron chi connectivity index (χ0n) is 15.3. The van der Waals surface area contributed by atoms with Crippen LogP contribution in [0.3, 0.4) is 0 Å². The van der Waals surface area contributed by atoms with E-state index < -0.39 is 11.7 Å². The first-order chi connectivity index (χ1) is 12.2. The second-order valence-corrected chi connectivity index (χ2v) is 8.40. The Bertz CT molecular complexity index is 671. The molecule has 2 amide bonds. The summed E-state index contributed by atoms with van der Waals surface area (Å²) >= 11 is 5.82. The van der Waals surface area contributed by atoms with E-state index in [4.69, 9.17) is 21.1 Å². The first-order valence-electron chi connectivity index (χ1n) is 8.88. The molecule has 0 heterocycles. The molecular formula is C19H25ClN2O4. The molecule has 0 radical (unpaired) electrons. The fourth-order valence-electron chi connectivity index (χ4n) is 3.50. The quantitative estimate of drug-likeness (QED) is 0.822. The summed E-state index contributed by atoms with van der Waals surface area (Å²) in [6, 6.07) is 7.01. The topological polar surface area (TPSA) is 76.7 Å². The van der Waals surface area contributed by atoms with Gasteiger partial charge in [0.15, 0.2) is 6.61 Å². The molecule has 2 aliphatic carbocycles. The average molecular weight is 381 g/mol. The van der Waals surface area contributed by atoms with Crippen LogP contribution in [-0.4, -0.2) is 36.3 Å². The van der Waals surface area contributed by atoms with Gasteiger partial charge in [0.1, 0.15) is 11.4 Å². The van der Waals surface area contributed by atoms with Crippen molar-refractivity contribution in [3.8, 4) is 5.75 Å². The highest BCUT2D eigenvalue weighted by Gasteiger charge is 2.55. The lowest BCUT2D eigenvalue weighted by molar-refractivity contribution is -0.123. The van der Waals surface area contributed by atoms with Crippen molar-refractivity contribution >= 4 is 23.6 Å². The van der Waals surface area contributed by atoms with E-state index in [-0.39, 0.29) is 24.6 Å². The highest BCUT2D eigenvalue weighted by molar-refractivity contribution is 6.30. The molecule has 2 fully saturated rings. The van der Waals surface area contributed by atoms with Crippen molar-refractivity contribution < 1.29 is 19.1 Å². The van der Waals surface area contributed by atoms with Gasteiger partial charge in [0.2, 0.25) is 0 Å². The van der Waals surface area contributed by atoms with Gasteiger partial charge >= 0.3 is 6.09 Å². The Labute approximate surface area is 158 Å². The van der Waals surface area contributed by atoms with E-state index in [1.807, 2.05) is 20.8 Å². The summed E-state index contributed by atoms with van der Waals surface area (Å²) in [5, 5.41) is 6.58. The number of carbonyl (C=O) groups excluding carboxylic acids is 2. The fourth-order valence-corrected chi connectivity index (χ4v) is 3.63. The maximum absolute atomic E-state index is 12.1. The van der Waals surface area contributed by atoms with Gasteiger partial charge in [-0.2, -0.15) is 0 Å². The second-order valence-electron chi connectivity index (χ2n) is 7.97. The Morgan fingerprint density at radius 1 is 1.08 bits per heavy atom. The number of hydrogen-bond acceptors (Lipinski definition) is 4. The lowest BCUT2D eigenvalue weighted by Gasteiger charge is -2.23. The number of alkyl carbamates (subject to hydrolysis) is 1. The minimum absolute atomic E-state index is 0.0420. The van der Waals surface area contributed by atoms with Gasteiger partial charge in [-0.05, 0) is 69.7 Å². The molecule has 0 spiro atoms. The first kappa shape index (κ1) is 18.8. The maximum Gasteiger partial charge on any atom is 0.407 e. The second kappa shape index (κ2) is 7.35. The Morgan fingerprint density at radius 2 is 1.69 bits per heavy atom. The fraction of sp³-hybridized carbons (Fsp3) is 0.579. The molecule has 3 unspecified atom stereocenters. The van der Waals surface area contributed by atoms with Crippen LogP contribution in [-0.2, 0) is 9.53 Å². The summed E-state index contributed by atoms with van der Waals surface area (Å²) in [7, 11) is 0. The third kappa shape index (κ3) is 5.04. The van der Waals surface area contributed by atoms with Gasteiger partial charge in [-0.15, -0.1) is 0 Å². The largest absolute Gasteiger partial charge is 0.484 e. The average Bonchev–Trinajstić information content (AvgIpc) is 3.26. The van der Waals surface area contributed by atoms with E-state index in [1.54, 1.807) is 24.3 Å². The van der Waals surface area contributed by atoms with E-state index in [2.05, 4.69) is 10.6 Å². The molecule has 6 nitrogen and oxygen atoms in total. The molecule has 26 heavy (non-hydrogen) atoms. The van der Waals surface area contributed by atoms with Crippen molar-refractivity contribution in [2.45, 2.75) is 51.3 Å². The standard InChI is InChI=1S/C19H25ClN2O4/c1-19(2,3)26-18(24)22-16-9-15(13-8-14(13)16)21-17(23)10-25-12-6-4-11(20)5-7-12/h4-7,13-16H,8-10H2,1-3H3,(H,21,23)(H,22,24)/t13?,14?,15?,16-/m0/s1. The molecular weight excluding hydrogens is 356 g/mol. The van der Waals surface area contributed by atoms with Crippen LogP contribution in [0, 0.1) is 11.8 Å². The predicted molar refractivity (Wildman–Crippen MR) is 98.2 cm³/mol. The number of halogens is 1. The van der Waals surface area contributed by atoms with Crippen LogP contribution in [0.15, 0.2) is 24.3 Å². The van der Waals surface area contributed by atoms with E-state index in [1.165, 1.54) is 0 Å². The zero-order chi connectivity index (χ0) is 18.9. The van der Waals surface area contributed by atoms with Gasteiger partial charge < -0.3 is 20.1 Å². The van der Waals surface area contributed by atoms with Gasteiger partial charge in [-0.1, -0.05) is 11.6 Å². The highest BCUT2D eigenvalue weighted by atomic mass is 35.5. The third-order valence-corrected chi connectivity index (χ3v) is 4.92. The van der Waals surface area contributed by atoms with Gasteiger partial charge in [-0.25, -0.2) is 4.79 Å². The molecule has 2 aliphatic rings. The van der Waals surface area contributed by atoms with Crippen LogP contribution in [0.2, 0.25) is 5.02 Å².